The SMILES string of the molecule is Cc1noc(CC(CN)C(=O)O)n1. The first-order valence-corrected chi connectivity index (χ1v) is 3.85. The number of aromatic nitrogens is 2. The van der Waals surface area contributed by atoms with Crippen LogP contribution in [0.3, 0.4) is 0 Å². The fourth-order valence-electron chi connectivity index (χ4n) is 0.905. The van der Waals surface area contributed by atoms with E-state index in [1.807, 2.05) is 0 Å². The van der Waals surface area contributed by atoms with E-state index in [9.17, 15) is 4.79 Å². The molecule has 1 rings (SSSR count). The lowest BCUT2D eigenvalue weighted by molar-refractivity contribution is -0.141. The van der Waals surface area contributed by atoms with Crippen molar-refractivity contribution in [2.75, 3.05) is 6.54 Å². The number of nitrogens with zero attached hydrogens (tertiary/aromatic N) is 2. The molecule has 1 aromatic heterocycles. The minimum atomic E-state index is -0.946. The average molecular weight is 185 g/mol. The van der Waals surface area contributed by atoms with Crippen molar-refractivity contribution >= 4 is 5.97 Å². The number of aryl methyl sites for hydroxylation is 1. The molecular weight excluding hydrogens is 174 g/mol. The highest BCUT2D eigenvalue weighted by molar-refractivity contribution is 5.70. The highest BCUT2D eigenvalue weighted by Crippen LogP contribution is 2.05. The number of carboxylic acids is 1. The molecule has 6 heteroatoms. The first-order valence-electron chi connectivity index (χ1n) is 3.85. The molecule has 1 atom stereocenters. The standard InChI is InChI=1S/C7H11N3O3/c1-4-9-6(13-10-4)2-5(3-8)7(11)12/h5H,2-3,8H2,1H3,(H,11,12). The molecule has 0 aliphatic carbocycles. The van der Waals surface area contributed by atoms with Gasteiger partial charge in [-0.1, -0.05) is 5.16 Å². The van der Waals surface area contributed by atoms with Gasteiger partial charge in [-0.2, -0.15) is 4.98 Å². The summed E-state index contributed by atoms with van der Waals surface area (Å²) in [6.45, 7) is 1.74. The third-order valence-corrected chi connectivity index (χ3v) is 1.62. The summed E-state index contributed by atoms with van der Waals surface area (Å²) in [5.74, 6) is -0.787. The van der Waals surface area contributed by atoms with Gasteiger partial charge in [-0.3, -0.25) is 4.79 Å². The molecule has 0 aliphatic rings. The molecule has 0 aliphatic heterocycles. The quantitative estimate of drug-likeness (QED) is 0.660. The van der Waals surface area contributed by atoms with Crippen LogP contribution in [0.4, 0.5) is 0 Å². The molecule has 0 amide bonds. The lowest BCUT2D eigenvalue weighted by atomic mass is 10.1. The number of hydrogen-bond acceptors (Lipinski definition) is 5. The number of nitrogens with two attached hydrogens (primary N) is 1. The van der Waals surface area contributed by atoms with E-state index in [-0.39, 0.29) is 13.0 Å². The van der Waals surface area contributed by atoms with Crippen molar-refractivity contribution in [3.8, 4) is 0 Å². The second-order valence-electron chi connectivity index (χ2n) is 2.71. The van der Waals surface area contributed by atoms with E-state index in [0.29, 0.717) is 11.7 Å². The van der Waals surface area contributed by atoms with Crippen LogP contribution in [-0.2, 0) is 11.2 Å². The maximum Gasteiger partial charge on any atom is 0.308 e. The van der Waals surface area contributed by atoms with E-state index in [1.165, 1.54) is 0 Å². The molecule has 0 saturated heterocycles. The Hall–Kier alpha value is -1.43. The summed E-state index contributed by atoms with van der Waals surface area (Å²) >= 11 is 0. The van der Waals surface area contributed by atoms with Crippen molar-refractivity contribution < 1.29 is 14.4 Å². The number of carboxylic acid groups (broad SMARTS) is 1. The molecule has 72 valence electrons. The van der Waals surface area contributed by atoms with Gasteiger partial charge in [0.1, 0.15) is 0 Å². The van der Waals surface area contributed by atoms with Crippen LogP contribution in [0.2, 0.25) is 0 Å². The molecule has 13 heavy (non-hydrogen) atoms. The maximum atomic E-state index is 10.6. The monoisotopic (exact) mass is 185 g/mol. The highest BCUT2D eigenvalue weighted by atomic mass is 16.5. The Morgan fingerprint density at radius 2 is 2.46 bits per heavy atom. The number of aliphatic carboxylic acids is 1. The summed E-state index contributed by atoms with van der Waals surface area (Å²) in [7, 11) is 0. The lowest BCUT2D eigenvalue weighted by Crippen LogP contribution is -2.25. The zero-order chi connectivity index (χ0) is 9.84. The molecule has 0 saturated carbocycles. The number of rotatable bonds is 4. The summed E-state index contributed by atoms with van der Waals surface area (Å²) < 4.78 is 4.77. The maximum absolute atomic E-state index is 10.6. The van der Waals surface area contributed by atoms with Crippen LogP contribution in [0, 0.1) is 12.8 Å². The van der Waals surface area contributed by atoms with E-state index in [2.05, 4.69) is 10.1 Å². The van der Waals surface area contributed by atoms with Gasteiger partial charge in [0.15, 0.2) is 5.82 Å². The van der Waals surface area contributed by atoms with E-state index >= 15 is 0 Å². The molecule has 1 unspecified atom stereocenters. The van der Waals surface area contributed by atoms with Crippen LogP contribution >= 0.6 is 0 Å². The van der Waals surface area contributed by atoms with Crippen molar-refractivity contribution in [3.05, 3.63) is 11.7 Å². The van der Waals surface area contributed by atoms with Crippen LogP contribution in [0.15, 0.2) is 4.52 Å². The zero-order valence-corrected chi connectivity index (χ0v) is 7.23. The third kappa shape index (κ3) is 2.51. The summed E-state index contributed by atoms with van der Waals surface area (Å²) in [6.07, 6.45) is 0.187. The number of hydrogen-bond donors (Lipinski definition) is 2. The van der Waals surface area contributed by atoms with Gasteiger partial charge in [0.2, 0.25) is 5.89 Å². The molecule has 6 nitrogen and oxygen atoms in total. The zero-order valence-electron chi connectivity index (χ0n) is 7.23. The predicted molar refractivity (Wildman–Crippen MR) is 42.9 cm³/mol. The van der Waals surface area contributed by atoms with Gasteiger partial charge in [0.25, 0.3) is 0 Å². The van der Waals surface area contributed by atoms with E-state index in [4.69, 9.17) is 15.4 Å². The molecular formula is C7H11N3O3. The van der Waals surface area contributed by atoms with Gasteiger partial charge in [0, 0.05) is 13.0 Å². The highest BCUT2D eigenvalue weighted by Gasteiger charge is 2.19. The summed E-state index contributed by atoms with van der Waals surface area (Å²) in [5, 5.41) is 12.2. The molecule has 3 N–H and O–H groups in total. The van der Waals surface area contributed by atoms with Crippen molar-refractivity contribution in [2.45, 2.75) is 13.3 Å². The Labute approximate surface area is 74.7 Å². The average Bonchev–Trinajstić information content (AvgIpc) is 2.46. The minimum Gasteiger partial charge on any atom is -0.481 e. The van der Waals surface area contributed by atoms with E-state index in [0.717, 1.165) is 0 Å². The molecule has 1 aromatic rings. The van der Waals surface area contributed by atoms with Crippen molar-refractivity contribution in [3.63, 3.8) is 0 Å². The van der Waals surface area contributed by atoms with Gasteiger partial charge < -0.3 is 15.4 Å². The first kappa shape index (κ1) is 9.66. The van der Waals surface area contributed by atoms with Gasteiger partial charge in [0.05, 0.1) is 5.92 Å². The van der Waals surface area contributed by atoms with Gasteiger partial charge in [-0.05, 0) is 6.92 Å². The van der Waals surface area contributed by atoms with Crippen LogP contribution in [0.25, 0.3) is 0 Å². The Morgan fingerprint density at radius 1 is 1.77 bits per heavy atom. The summed E-state index contributed by atoms with van der Waals surface area (Å²) in [6, 6.07) is 0. The Bertz CT molecular complexity index is 297. The van der Waals surface area contributed by atoms with E-state index < -0.39 is 11.9 Å². The molecule has 1 heterocycles. The molecule has 0 fully saturated rings. The topological polar surface area (TPSA) is 102 Å². The van der Waals surface area contributed by atoms with E-state index in [1.54, 1.807) is 6.92 Å². The molecule has 0 bridgehead atoms. The largest absolute Gasteiger partial charge is 0.481 e. The second kappa shape index (κ2) is 3.99. The smallest absolute Gasteiger partial charge is 0.308 e. The molecule has 0 radical (unpaired) electrons. The lowest BCUT2D eigenvalue weighted by Gasteiger charge is -2.04. The fraction of sp³-hybridized carbons (Fsp3) is 0.571. The first-order chi connectivity index (χ1) is 6.13. The van der Waals surface area contributed by atoms with Crippen LogP contribution < -0.4 is 5.73 Å². The Balaban J connectivity index is 2.61. The van der Waals surface area contributed by atoms with Crippen molar-refractivity contribution in [1.29, 1.82) is 0 Å². The normalized spacial score (nSPS) is 12.8. The predicted octanol–water partition coefficient (Wildman–Crippen LogP) is -0.420. The van der Waals surface area contributed by atoms with Crippen molar-refractivity contribution in [1.82, 2.24) is 10.1 Å². The number of carbonyl (C=O) groups is 1. The van der Waals surface area contributed by atoms with Gasteiger partial charge in [-0.15, -0.1) is 0 Å². The molecule has 0 spiro atoms. The molecule has 0 aromatic carbocycles. The Morgan fingerprint density at radius 3 is 2.85 bits per heavy atom. The summed E-state index contributed by atoms with van der Waals surface area (Å²) in [4.78, 5) is 14.5. The van der Waals surface area contributed by atoms with Crippen LogP contribution in [0.1, 0.15) is 11.7 Å². The second-order valence-corrected chi connectivity index (χ2v) is 2.71. The van der Waals surface area contributed by atoms with Crippen molar-refractivity contribution in [2.24, 2.45) is 11.7 Å². The van der Waals surface area contributed by atoms with Crippen LogP contribution in [0.5, 0.6) is 0 Å². The van der Waals surface area contributed by atoms with Crippen LogP contribution in [-0.4, -0.2) is 27.8 Å². The Kier molecular flexibility index (Phi) is 2.97. The summed E-state index contributed by atoms with van der Waals surface area (Å²) in [5.41, 5.74) is 5.26. The van der Waals surface area contributed by atoms with Gasteiger partial charge >= 0.3 is 5.97 Å². The fourth-order valence-corrected chi connectivity index (χ4v) is 0.905. The minimum absolute atomic E-state index is 0.0662. The van der Waals surface area contributed by atoms with Gasteiger partial charge in [-0.25, -0.2) is 0 Å². The third-order valence-electron chi connectivity index (χ3n) is 1.62.